The number of aliphatic carboxylic acids is 1. The molecule has 132 valence electrons. The fraction of sp³-hybridized carbons (Fsp3) is 0.562. The Balaban J connectivity index is 1.73. The van der Waals surface area contributed by atoms with Crippen LogP contribution in [0.2, 0.25) is 0 Å². The lowest BCUT2D eigenvalue weighted by Crippen LogP contribution is -2.46. The largest absolute Gasteiger partial charge is 0.482 e. The predicted octanol–water partition coefficient (Wildman–Crippen LogP) is 1.34. The van der Waals surface area contributed by atoms with Gasteiger partial charge in [-0.3, -0.25) is 0 Å². The normalized spacial score (nSPS) is 25.0. The fourth-order valence-corrected chi connectivity index (χ4v) is 4.93. The van der Waals surface area contributed by atoms with Gasteiger partial charge in [0, 0.05) is 25.1 Å². The fourth-order valence-electron chi connectivity index (χ4n) is 3.34. The highest BCUT2D eigenvalue weighted by atomic mass is 32.2. The van der Waals surface area contributed by atoms with Gasteiger partial charge in [0.2, 0.25) is 10.0 Å². The third-order valence-corrected chi connectivity index (χ3v) is 6.49. The Labute approximate surface area is 141 Å². The van der Waals surface area contributed by atoms with Gasteiger partial charge in [-0.2, -0.15) is 4.31 Å². The molecule has 1 atom stereocenters. The molecule has 1 aromatic rings. The Hall–Kier alpha value is -1.64. The summed E-state index contributed by atoms with van der Waals surface area (Å²) >= 11 is 0. The van der Waals surface area contributed by atoms with Crippen molar-refractivity contribution in [2.75, 3.05) is 32.9 Å². The maximum absolute atomic E-state index is 12.9. The summed E-state index contributed by atoms with van der Waals surface area (Å²) in [4.78, 5) is 10.7. The molecule has 24 heavy (non-hydrogen) atoms. The van der Waals surface area contributed by atoms with Crippen LogP contribution in [-0.2, 0) is 19.6 Å². The van der Waals surface area contributed by atoms with Crippen molar-refractivity contribution in [2.45, 2.75) is 24.2 Å². The summed E-state index contributed by atoms with van der Waals surface area (Å²) in [7, 11) is -3.57. The minimum atomic E-state index is -3.57. The first-order valence-corrected chi connectivity index (χ1v) is 9.38. The number of nitrogens with zero attached hydrogens (tertiary/aromatic N) is 1. The number of carboxylic acid groups (broad SMARTS) is 1. The van der Waals surface area contributed by atoms with Crippen molar-refractivity contribution < 1.29 is 27.8 Å². The van der Waals surface area contributed by atoms with E-state index in [1.165, 1.54) is 28.6 Å². The van der Waals surface area contributed by atoms with E-state index in [1.807, 2.05) is 0 Å². The molecule has 3 rings (SSSR count). The van der Waals surface area contributed by atoms with Crippen LogP contribution in [0.4, 0.5) is 0 Å². The van der Waals surface area contributed by atoms with E-state index in [0.717, 1.165) is 19.3 Å². The molecular weight excluding hydrogens is 334 g/mol. The van der Waals surface area contributed by atoms with Gasteiger partial charge >= 0.3 is 5.97 Å². The van der Waals surface area contributed by atoms with Crippen LogP contribution >= 0.6 is 0 Å². The van der Waals surface area contributed by atoms with E-state index in [1.54, 1.807) is 0 Å². The maximum Gasteiger partial charge on any atom is 0.341 e. The van der Waals surface area contributed by atoms with Crippen LogP contribution in [-0.4, -0.2) is 56.7 Å². The molecule has 7 nitrogen and oxygen atoms in total. The number of rotatable bonds is 5. The van der Waals surface area contributed by atoms with Crippen molar-refractivity contribution in [1.29, 1.82) is 0 Å². The average molecular weight is 355 g/mol. The molecule has 0 bridgehead atoms. The number of carbonyl (C=O) groups is 1. The zero-order valence-electron chi connectivity index (χ0n) is 13.3. The van der Waals surface area contributed by atoms with Gasteiger partial charge in [0.05, 0.1) is 11.5 Å². The van der Waals surface area contributed by atoms with E-state index >= 15 is 0 Å². The SMILES string of the molecule is O=C(O)COc1ccc(S(=O)(=O)N2CCCC3(CCOC3)C2)cc1. The van der Waals surface area contributed by atoms with Gasteiger partial charge in [-0.25, -0.2) is 13.2 Å². The van der Waals surface area contributed by atoms with E-state index in [0.29, 0.717) is 32.1 Å². The molecule has 2 aliphatic rings. The van der Waals surface area contributed by atoms with Gasteiger partial charge in [0.15, 0.2) is 6.61 Å². The van der Waals surface area contributed by atoms with Gasteiger partial charge in [0.1, 0.15) is 5.75 Å². The molecule has 2 heterocycles. The third-order valence-electron chi connectivity index (χ3n) is 4.64. The predicted molar refractivity (Wildman–Crippen MR) is 85.4 cm³/mol. The number of hydrogen-bond acceptors (Lipinski definition) is 5. The summed E-state index contributed by atoms with van der Waals surface area (Å²) in [5.74, 6) is -0.750. The molecule has 0 radical (unpaired) electrons. The van der Waals surface area contributed by atoms with Crippen LogP contribution in [0.25, 0.3) is 0 Å². The van der Waals surface area contributed by atoms with Gasteiger partial charge in [-0.15, -0.1) is 0 Å². The van der Waals surface area contributed by atoms with E-state index < -0.39 is 22.6 Å². The first kappa shape index (κ1) is 17.2. The number of hydrogen-bond donors (Lipinski definition) is 1. The van der Waals surface area contributed by atoms with E-state index in [-0.39, 0.29) is 10.3 Å². The van der Waals surface area contributed by atoms with Gasteiger partial charge in [0.25, 0.3) is 0 Å². The molecule has 8 heteroatoms. The molecule has 1 spiro atoms. The monoisotopic (exact) mass is 355 g/mol. The average Bonchev–Trinajstić information content (AvgIpc) is 3.01. The highest BCUT2D eigenvalue weighted by Crippen LogP contribution is 2.39. The van der Waals surface area contributed by atoms with Crippen LogP contribution in [0.1, 0.15) is 19.3 Å². The maximum atomic E-state index is 12.9. The van der Waals surface area contributed by atoms with Crippen molar-refractivity contribution in [3.8, 4) is 5.75 Å². The molecule has 2 fully saturated rings. The third kappa shape index (κ3) is 3.55. The summed E-state index contributed by atoms with van der Waals surface area (Å²) in [5.41, 5.74) is -0.0458. The Morgan fingerprint density at radius 3 is 2.67 bits per heavy atom. The lowest BCUT2D eigenvalue weighted by Gasteiger charge is -2.38. The number of ether oxygens (including phenoxy) is 2. The second kappa shape index (κ2) is 6.70. The number of benzene rings is 1. The summed E-state index contributed by atoms with van der Waals surface area (Å²) < 4.78 is 37.8. The van der Waals surface area contributed by atoms with E-state index in [2.05, 4.69) is 0 Å². The van der Waals surface area contributed by atoms with Crippen LogP contribution in [0.15, 0.2) is 29.2 Å². The molecule has 0 amide bonds. The number of sulfonamides is 1. The molecule has 2 aliphatic heterocycles. The topological polar surface area (TPSA) is 93.1 Å². The molecule has 0 aliphatic carbocycles. The van der Waals surface area contributed by atoms with E-state index in [9.17, 15) is 13.2 Å². The number of carboxylic acids is 1. The second-order valence-electron chi connectivity index (χ2n) is 6.40. The highest BCUT2D eigenvalue weighted by molar-refractivity contribution is 7.89. The van der Waals surface area contributed by atoms with Crippen LogP contribution in [0, 0.1) is 5.41 Å². The van der Waals surface area contributed by atoms with Gasteiger partial charge < -0.3 is 14.6 Å². The quantitative estimate of drug-likeness (QED) is 0.857. The Kier molecular flexibility index (Phi) is 4.80. The van der Waals surface area contributed by atoms with Crippen molar-refractivity contribution >= 4 is 16.0 Å². The Bertz CT molecular complexity index is 694. The molecular formula is C16H21NO6S. The summed E-state index contributed by atoms with van der Waals surface area (Å²) in [5, 5.41) is 8.59. The van der Waals surface area contributed by atoms with Crippen molar-refractivity contribution in [1.82, 2.24) is 4.31 Å². The highest BCUT2D eigenvalue weighted by Gasteiger charge is 2.42. The second-order valence-corrected chi connectivity index (χ2v) is 8.34. The molecule has 1 unspecified atom stereocenters. The first-order valence-electron chi connectivity index (χ1n) is 7.94. The van der Waals surface area contributed by atoms with Crippen molar-refractivity contribution in [3.05, 3.63) is 24.3 Å². The summed E-state index contributed by atoms with van der Waals surface area (Å²) in [6.07, 6.45) is 2.74. The summed E-state index contributed by atoms with van der Waals surface area (Å²) in [6.45, 7) is 1.87. The Morgan fingerprint density at radius 1 is 1.29 bits per heavy atom. The minimum Gasteiger partial charge on any atom is -0.482 e. The number of piperidine rings is 1. The molecule has 0 saturated carbocycles. The minimum absolute atomic E-state index is 0.0458. The molecule has 1 aromatic carbocycles. The van der Waals surface area contributed by atoms with Crippen LogP contribution in [0.3, 0.4) is 0 Å². The standard InChI is InChI=1S/C16H21NO6S/c18-15(19)10-23-13-2-4-14(5-3-13)24(20,21)17-8-1-6-16(11-17)7-9-22-12-16/h2-5H,1,6-12H2,(H,18,19). The van der Waals surface area contributed by atoms with E-state index in [4.69, 9.17) is 14.6 Å². The lowest BCUT2D eigenvalue weighted by atomic mass is 9.80. The van der Waals surface area contributed by atoms with Crippen molar-refractivity contribution in [2.24, 2.45) is 5.41 Å². The Morgan fingerprint density at radius 2 is 2.04 bits per heavy atom. The molecule has 1 N–H and O–H groups in total. The van der Waals surface area contributed by atoms with Gasteiger partial charge in [-0.1, -0.05) is 0 Å². The summed E-state index contributed by atoms with van der Waals surface area (Å²) in [6, 6.07) is 5.88. The smallest absolute Gasteiger partial charge is 0.341 e. The molecule has 0 aromatic heterocycles. The molecule has 2 saturated heterocycles. The van der Waals surface area contributed by atoms with Gasteiger partial charge in [-0.05, 0) is 43.5 Å². The zero-order chi connectivity index (χ0) is 17.2. The van der Waals surface area contributed by atoms with Crippen LogP contribution < -0.4 is 4.74 Å². The van der Waals surface area contributed by atoms with Crippen LogP contribution in [0.5, 0.6) is 5.75 Å². The first-order chi connectivity index (χ1) is 11.4. The van der Waals surface area contributed by atoms with Crippen molar-refractivity contribution in [3.63, 3.8) is 0 Å². The zero-order valence-corrected chi connectivity index (χ0v) is 14.1. The lowest BCUT2D eigenvalue weighted by molar-refractivity contribution is -0.139.